The van der Waals surface area contributed by atoms with Gasteiger partial charge >= 0.3 is 6.09 Å². The van der Waals surface area contributed by atoms with E-state index in [0.29, 0.717) is 34.9 Å². The van der Waals surface area contributed by atoms with Crippen molar-refractivity contribution in [2.45, 2.75) is 25.6 Å². The summed E-state index contributed by atoms with van der Waals surface area (Å²) in [4.78, 5) is 16.3. The van der Waals surface area contributed by atoms with E-state index in [0.717, 1.165) is 5.57 Å². The average molecular weight is 431 g/mol. The molecular formula is C18H18FN7O3S. The second-order valence-corrected chi connectivity index (χ2v) is 8.51. The summed E-state index contributed by atoms with van der Waals surface area (Å²) in [5.41, 5.74) is 10.6. The largest absolute Gasteiger partial charge is 0.442 e. The maximum absolute atomic E-state index is 14.7. The predicted molar refractivity (Wildman–Crippen MR) is 107 cm³/mol. The van der Waals surface area contributed by atoms with Gasteiger partial charge in [-0.15, -0.1) is 5.10 Å². The van der Waals surface area contributed by atoms with E-state index in [1.165, 1.54) is 15.6 Å². The number of azide groups is 1. The number of aromatic nitrogens is 3. The molecule has 1 aromatic heterocycles. The highest BCUT2D eigenvalue weighted by atomic mass is 32.2. The van der Waals surface area contributed by atoms with E-state index < -0.39 is 28.8 Å². The van der Waals surface area contributed by atoms with Crippen LogP contribution in [0.3, 0.4) is 0 Å². The van der Waals surface area contributed by atoms with Gasteiger partial charge in [0.1, 0.15) is 11.9 Å². The number of halogens is 1. The Morgan fingerprint density at radius 2 is 2.30 bits per heavy atom. The number of benzene rings is 1. The van der Waals surface area contributed by atoms with Crippen LogP contribution in [0, 0.1) is 5.82 Å². The molecule has 12 heteroatoms. The summed E-state index contributed by atoms with van der Waals surface area (Å²) >= 11 is 0. The highest BCUT2D eigenvalue weighted by Gasteiger charge is 2.33. The van der Waals surface area contributed by atoms with Crippen molar-refractivity contribution in [1.29, 1.82) is 0 Å². The highest BCUT2D eigenvalue weighted by molar-refractivity contribution is 7.85. The predicted octanol–water partition coefficient (Wildman–Crippen LogP) is 2.79. The number of carbonyl (C=O) groups excluding carboxylic acids is 1. The Balaban J connectivity index is 1.44. The molecule has 1 amide bonds. The molecule has 3 heterocycles. The van der Waals surface area contributed by atoms with Crippen LogP contribution in [0.4, 0.5) is 14.9 Å². The first kappa shape index (κ1) is 20.0. The molecule has 2 atom stereocenters. The average Bonchev–Trinajstić information content (AvgIpc) is 3.33. The molecule has 2 aromatic rings. The third-order valence-corrected chi connectivity index (χ3v) is 6.07. The first-order valence-electron chi connectivity index (χ1n) is 9.25. The second kappa shape index (κ2) is 8.64. The Morgan fingerprint density at radius 3 is 3.03 bits per heavy atom. The topological polar surface area (TPSA) is 126 Å². The van der Waals surface area contributed by atoms with Gasteiger partial charge in [0.05, 0.1) is 31.0 Å². The molecule has 0 spiro atoms. The van der Waals surface area contributed by atoms with Gasteiger partial charge in [0.15, 0.2) is 0 Å². The van der Waals surface area contributed by atoms with Crippen LogP contribution in [0.25, 0.3) is 16.0 Å². The van der Waals surface area contributed by atoms with E-state index in [1.807, 2.05) is 6.08 Å². The zero-order chi connectivity index (χ0) is 21.1. The lowest BCUT2D eigenvalue weighted by molar-refractivity contribution is 0.129. The SMILES string of the molecule is [N-]=[N+]=NCc1cn(C[C@H]2CN(c3ccc(C4=CC[S@](=O)CC4)c(F)c3)C(=O)O2)nn1. The first-order valence-corrected chi connectivity index (χ1v) is 10.7. The minimum absolute atomic E-state index is 0.0883. The maximum Gasteiger partial charge on any atom is 0.414 e. The summed E-state index contributed by atoms with van der Waals surface area (Å²) < 4.78 is 33.1. The molecule has 4 rings (SSSR count). The second-order valence-electron chi connectivity index (χ2n) is 6.89. The van der Waals surface area contributed by atoms with Gasteiger partial charge in [-0.2, -0.15) is 0 Å². The Hall–Kier alpha value is -3.24. The fraction of sp³-hybridized carbons (Fsp3) is 0.389. The molecule has 0 aliphatic carbocycles. The molecule has 10 nitrogen and oxygen atoms in total. The molecule has 2 aliphatic rings. The third kappa shape index (κ3) is 4.34. The summed E-state index contributed by atoms with van der Waals surface area (Å²) in [7, 11) is -0.875. The van der Waals surface area contributed by atoms with E-state index in [2.05, 4.69) is 20.3 Å². The minimum Gasteiger partial charge on any atom is -0.442 e. The monoisotopic (exact) mass is 431 g/mol. The number of cyclic esters (lactones) is 1. The number of carbonyl (C=O) groups is 1. The molecule has 0 bridgehead atoms. The number of anilines is 1. The smallest absolute Gasteiger partial charge is 0.414 e. The first-order chi connectivity index (χ1) is 14.5. The molecule has 0 N–H and O–H groups in total. The van der Waals surface area contributed by atoms with Gasteiger partial charge in [-0.3, -0.25) is 9.11 Å². The molecular weight excluding hydrogens is 413 g/mol. The molecule has 1 saturated heterocycles. The fourth-order valence-corrected chi connectivity index (χ4v) is 4.42. The van der Waals surface area contributed by atoms with E-state index in [1.54, 1.807) is 18.3 Å². The molecule has 1 fully saturated rings. The normalized spacial score (nSPS) is 21.2. The zero-order valence-electron chi connectivity index (χ0n) is 15.8. The zero-order valence-corrected chi connectivity index (χ0v) is 16.7. The van der Waals surface area contributed by atoms with Gasteiger partial charge in [0.25, 0.3) is 0 Å². The minimum atomic E-state index is -0.875. The van der Waals surface area contributed by atoms with Gasteiger partial charge in [0.2, 0.25) is 0 Å². The lowest BCUT2D eigenvalue weighted by Gasteiger charge is -2.17. The lowest BCUT2D eigenvalue weighted by Crippen LogP contribution is -2.26. The lowest BCUT2D eigenvalue weighted by atomic mass is 10.0. The molecule has 156 valence electrons. The Morgan fingerprint density at radius 1 is 1.43 bits per heavy atom. The Labute approximate surface area is 173 Å². The van der Waals surface area contributed by atoms with Crippen LogP contribution in [0.1, 0.15) is 17.7 Å². The number of nitrogens with zero attached hydrogens (tertiary/aromatic N) is 7. The summed E-state index contributed by atoms with van der Waals surface area (Å²) in [6.45, 7) is 0.603. The van der Waals surface area contributed by atoms with Gasteiger partial charge in [0, 0.05) is 39.0 Å². The van der Waals surface area contributed by atoms with Crippen molar-refractivity contribution in [3.05, 3.63) is 58.0 Å². The number of hydrogen-bond donors (Lipinski definition) is 0. The van der Waals surface area contributed by atoms with Crippen molar-refractivity contribution in [3.8, 4) is 0 Å². The summed E-state index contributed by atoms with van der Waals surface area (Å²) in [6, 6.07) is 4.64. The van der Waals surface area contributed by atoms with Crippen molar-refractivity contribution in [1.82, 2.24) is 15.0 Å². The standard InChI is InChI=1S/C18H18FN7O3S/c19-17-7-14(1-2-16(17)12-3-5-30(28)6-4-12)26-11-15(29-18(26)27)10-25-9-13(22-24-25)8-21-23-20/h1-3,7,9,15H,4-6,8,10-11H2/t15-,30-/m0/s1. The van der Waals surface area contributed by atoms with Crippen LogP contribution in [0.15, 0.2) is 35.6 Å². The van der Waals surface area contributed by atoms with Crippen LogP contribution in [-0.4, -0.2) is 49.5 Å². The molecule has 2 aliphatic heterocycles. The van der Waals surface area contributed by atoms with Crippen LogP contribution in [-0.2, 0) is 28.6 Å². The van der Waals surface area contributed by atoms with Gasteiger partial charge < -0.3 is 4.74 Å². The molecule has 0 unspecified atom stereocenters. The number of allylic oxidation sites excluding steroid dienone is 1. The number of ether oxygens (including phenoxy) is 1. The third-order valence-electron chi connectivity index (χ3n) is 4.87. The van der Waals surface area contributed by atoms with Crippen molar-refractivity contribution >= 4 is 28.2 Å². The highest BCUT2D eigenvalue weighted by Crippen LogP contribution is 2.29. The molecule has 0 radical (unpaired) electrons. The molecule has 30 heavy (non-hydrogen) atoms. The Kier molecular flexibility index (Phi) is 5.77. The van der Waals surface area contributed by atoms with Crippen molar-refractivity contribution in [2.24, 2.45) is 5.11 Å². The fourth-order valence-electron chi connectivity index (χ4n) is 3.42. The van der Waals surface area contributed by atoms with E-state index in [9.17, 15) is 13.4 Å². The van der Waals surface area contributed by atoms with Crippen LogP contribution >= 0.6 is 0 Å². The quantitative estimate of drug-likeness (QED) is 0.395. The number of amides is 1. The maximum atomic E-state index is 14.7. The van der Waals surface area contributed by atoms with Crippen LogP contribution in [0.5, 0.6) is 0 Å². The van der Waals surface area contributed by atoms with Crippen LogP contribution in [0.2, 0.25) is 0 Å². The number of hydrogen-bond acceptors (Lipinski definition) is 6. The van der Waals surface area contributed by atoms with Gasteiger partial charge in [-0.1, -0.05) is 16.4 Å². The van der Waals surface area contributed by atoms with E-state index in [-0.39, 0.29) is 19.6 Å². The van der Waals surface area contributed by atoms with Crippen molar-refractivity contribution in [2.75, 3.05) is 23.0 Å². The summed E-state index contributed by atoms with van der Waals surface area (Å²) in [5, 5.41) is 11.2. The van der Waals surface area contributed by atoms with E-state index in [4.69, 9.17) is 10.3 Å². The molecule has 0 saturated carbocycles. The summed E-state index contributed by atoms with van der Waals surface area (Å²) in [6.07, 6.45) is 2.95. The number of rotatable bonds is 6. The van der Waals surface area contributed by atoms with Gasteiger partial charge in [-0.25, -0.2) is 13.9 Å². The van der Waals surface area contributed by atoms with Crippen molar-refractivity contribution in [3.63, 3.8) is 0 Å². The van der Waals surface area contributed by atoms with Crippen molar-refractivity contribution < 1.29 is 18.1 Å². The van der Waals surface area contributed by atoms with Crippen LogP contribution < -0.4 is 4.90 Å². The Bertz CT molecular complexity index is 1080. The van der Waals surface area contributed by atoms with E-state index >= 15 is 0 Å². The summed E-state index contributed by atoms with van der Waals surface area (Å²) in [5.74, 6) is 0.533. The molecule has 1 aromatic carbocycles. The van der Waals surface area contributed by atoms with Gasteiger partial charge in [-0.05, 0) is 35.7 Å².